The number of likely N-dealkylation sites (tertiary alicyclic amines) is 1. The van der Waals surface area contributed by atoms with Gasteiger partial charge in [-0.2, -0.15) is 5.10 Å². The van der Waals surface area contributed by atoms with Crippen LogP contribution in [-0.4, -0.2) is 40.4 Å². The van der Waals surface area contributed by atoms with Crippen molar-refractivity contribution >= 4 is 0 Å². The fraction of sp³-hybridized carbons (Fsp3) is 0.800. The average Bonchev–Trinajstić information content (AvgIpc) is 2.82. The van der Waals surface area contributed by atoms with E-state index in [2.05, 4.69) is 35.4 Å². The Morgan fingerprint density at radius 3 is 2.79 bits per heavy atom. The highest BCUT2D eigenvalue weighted by molar-refractivity contribution is 5.15. The molecule has 0 saturated carbocycles. The number of aromatic nitrogens is 2. The highest BCUT2D eigenvalue weighted by Gasteiger charge is 2.42. The number of piperidine rings is 1. The molecule has 1 aromatic heterocycles. The van der Waals surface area contributed by atoms with Gasteiger partial charge in [-0.15, -0.1) is 0 Å². The summed E-state index contributed by atoms with van der Waals surface area (Å²) in [5.41, 5.74) is 3.15. The minimum absolute atomic E-state index is 0.577. The second-order valence-electron chi connectivity index (χ2n) is 6.64. The maximum absolute atomic E-state index is 4.60. The summed E-state index contributed by atoms with van der Waals surface area (Å²) in [7, 11) is 2.01. The second-order valence-corrected chi connectivity index (χ2v) is 6.64. The standard InChI is InChI=1S/C15H26N4/c1-12-9-18(3)17-14(12)10-19-11-15(8-13(19)2)4-6-16-7-5-15/h9,13,16H,4-8,10-11H2,1-3H3. The molecule has 0 radical (unpaired) electrons. The summed E-state index contributed by atoms with van der Waals surface area (Å²) in [6, 6.07) is 0.694. The molecule has 4 nitrogen and oxygen atoms in total. The van der Waals surface area contributed by atoms with Crippen molar-refractivity contribution in [2.45, 2.75) is 45.7 Å². The topological polar surface area (TPSA) is 33.1 Å². The van der Waals surface area contributed by atoms with Crippen molar-refractivity contribution in [3.05, 3.63) is 17.5 Å². The van der Waals surface area contributed by atoms with Crippen LogP contribution in [0.5, 0.6) is 0 Å². The third kappa shape index (κ3) is 2.56. The van der Waals surface area contributed by atoms with Crippen molar-refractivity contribution in [2.75, 3.05) is 19.6 Å². The van der Waals surface area contributed by atoms with Crippen LogP contribution in [0.4, 0.5) is 0 Å². The lowest BCUT2D eigenvalue weighted by Crippen LogP contribution is -2.38. The van der Waals surface area contributed by atoms with Gasteiger partial charge in [0.25, 0.3) is 0 Å². The van der Waals surface area contributed by atoms with Crippen LogP contribution >= 0.6 is 0 Å². The molecule has 0 bridgehead atoms. The van der Waals surface area contributed by atoms with E-state index in [1.807, 2.05) is 11.7 Å². The van der Waals surface area contributed by atoms with Crippen LogP contribution in [0.25, 0.3) is 0 Å². The number of nitrogens with zero attached hydrogens (tertiary/aromatic N) is 3. The van der Waals surface area contributed by atoms with Crippen molar-refractivity contribution in [3.63, 3.8) is 0 Å². The Morgan fingerprint density at radius 1 is 1.42 bits per heavy atom. The molecule has 106 valence electrons. The summed E-state index contributed by atoms with van der Waals surface area (Å²) in [6.07, 6.45) is 6.17. The molecule has 2 fully saturated rings. The van der Waals surface area contributed by atoms with E-state index in [4.69, 9.17) is 0 Å². The van der Waals surface area contributed by atoms with Crippen LogP contribution in [0.2, 0.25) is 0 Å². The highest BCUT2D eigenvalue weighted by atomic mass is 15.3. The molecule has 2 saturated heterocycles. The highest BCUT2D eigenvalue weighted by Crippen LogP contribution is 2.42. The predicted molar refractivity (Wildman–Crippen MR) is 77.0 cm³/mol. The molecule has 0 aliphatic carbocycles. The molecule has 1 unspecified atom stereocenters. The molecular weight excluding hydrogens is 236 g/mol. The van der Waals surface area contributed by atoms with Crippen molar-refractivity contribution in [1.29, 1.82) is 0 Å². The molecule has 2 aliphatic rings. The van der Waals surface area contributed by atoms with Crippen molar-refractivity contribution in [3.8, 4) is 0 Å². The van der Waals surface area contributed by atoms with Gasteiger partial charge in [-0.25, -0.2) is 0 Å². The van der Waals surface area contributed by atoms with Crippen LogP contribution in [0, 0.1) is 12.3 Å². The minimum atomic E-state index is 0.577. The third-order valence-electron chi connectivity index (χ3n) is 5.02. The third-order valence-corrected chi connectivity index (χ3v) is 5.02. The molecule has 1 aromatic rings. The van der Waals surface area contributed by atoms with Crippen LogP contribution in [0.1, 0.15) is 37.4 Å². The summed E-state index contributed by atoms with van der Waals surface area (Å²) in [4.78, 5) is 2.64. The first-order valence-corrected chi connectivity index (χ1v) is 7.52. The van der Waals surface area contributed by atoms with Gasteiger partial charge in [0.2, 0.25) is 0 Å². The van der Waals surface area contributed by atoms with Gasteiger partial charge in [0.05, 0.1) is 5.69 Å². The largest absolute Gasteiger partial charge is 0.317 e. The molecule has 4 heteroatoms. The smallest absolute Gasteiger partial charge is 0.0793 e. The van der Waals surface area contributed by atoms with Gasteiger partial charge in [-0.3, -0.25) is 9.58 Å². The van der Waals surface area contributed by atoms with Gasteiger partial charge in [-0.05, 0) is 57.2 Å². The Morgan fingerprint density at radius 2 is 2.16 bits per heavy atom. The SMILES string of the molecule is Cc1cn(C)nc1CN1CC2(CCNCC2)CC1C. The summed E-state index contributed by atoms with van der Waals surface area (Å²) >= 11 is 0. The van der Waals surface area contributed by atoms with Crippen LogP contribution in [0.3, 0.4) is 0 Å². The number of nitrogens with one attached hydrogen (secondary N) is 1. The zero-order chi connectivity index (χ0) is 13.5. The van der Waals surface area contributed by atoms with E-state index < -0.39 is 0 Å². The van der Waals surface area contributed by atoms with Crippen molar-refractivity contribution in [1.82, 2.24) is 20.0 Å². The van der Waals surface area contributed by atoms with E-state index in [1.54, 1.807) is 0 Å². The first kappa shape index (κ1) is 13.1. The van der Waals surface area contributed by atoms with E-state index >= 15 is 0 Å². The molecule has 1 spiro atoms. The fourth-order valence-electron chi connectivity index (χ4n) is 3.94. The van der Waals surface area contributed by atoms with Gasteiger partial charge < -0.3 is 5.32 Å². The van der Waals surface area contributed by atoms with Crippen molar-refractivity contribution in [2.24, 2.45) is 12.5 Å². The quantitative estimate of drug-likeness (QED) is 0.880. The van der Waals surface area contributed by atoms with E-state index in [0.29, 0.717) is 11.5 Å². The summed E-state index contributed by atoms with van der Waals surface area (Å²) in [6.45, 7) is 9.22. The van der Waals surface area contributed by atoms with Crippen LogP contribution in [-0.2, 0) is 13.6 Å². The Balaban J connectivity index is 1.70. The summed E-state index contributed by atoms with van der Waals surface area (Å²) < 4.78 is 1.94. The fourth-order valence-corrected chi connectivity index (χ4v) is 3.94. The molecule has 3 heterocycles. The number of aryl methyl sites for hydroxylation is 2. The first-order valence-electron chi connectivity index (χ1n) is 7.52. The van der Waals surface area contributed by atoms with Crippen LogP contribution < -0.4 is 5.32 Å². The van der Waals surface area contributed by atoms with Crippen LogP contribution in [0.15, 0.2) is 6.20 Å². The molecule has 1 N–H and O–H groups in total. The predicted octanol–water partition coefficient (Wildman–Crippen LogP) is 1.69. The number of hydrogen-bond donors (Lipinski definition) is 1. The normalized spacial score (nSPS) is 27.2. The number of rotatable bonds is 2. The second kappa shape index (κ2) is 4.91. The zero-order valence-corrected chi connectivity index (χ0v) is 12.4. The Kier molecular flexibility index (Phi) is 3.39. The Bertz CT molecular complexity index is 445. The molecule has 19 heavy (non-hydrogen) atoms. The zero-order valence-electron chi connectivity index (χ0n) is 12.4. The molecule has 3 rings (SSSR count). The molecule has 1 atom stereocenters. The molecular formula is C15H26N4. The lowest BCUT2D eigenvalue weighted by Gasteiger charge is -2.33. The van der Waals surface area contributed by atoms with Crippen molar-refractivity contribution < 1.29 is 0 Å². The molecule has 2 aliphatic heterocycles. The van der Waals surface area contributed by atoms with E-state index in [1.165, 1.54) is 50.2 Å². The Labute approximate surface area is 116 Å². The monoisotopic (exact) mass is 262 g/mol. The first-order chi connectivity index (χ1) is 9.08. The minimum Gasteiger partial charge on any atom is -0.317 e. The Hall–Kier alpha value is -0.870. The van der Waals surface area contributed by atoms with Gasteiger partial charge in [0.15, 0.2) is 0 Å². The van der Waals surface area contributed by atoms with E-state index in [0.717, 1.165) is 6.54 Å². The summed E-state index contributed by atoms with van der Waals surface area (Å²) in [5.74, 6) is 0. The lowest BCUT2D eigenvalue weighted by molar-refractivity contribution is 0.188. The molecule has 0 amide bonds. The maximum atomic E-state index is 4.60. The summed E-state index contributed by atoms with van der Waals surface area (Å²) in [5, 5.41) is 8.10. The maximum Gasteiger partial charge on any atom is 0.0793 e. The lowest BCUT2D eigenvalue weighted by atomic mass is 9.77. The van der Waals surface area contributed by atoms with E-state index in [-0.39, 0.29) is 0 Å². The van der Waals surface area contributed by atoms with Gasteiger partial charge in [0, 0.05) is 32.4 Å². The number of hydrogen-bond acceptors (Lipinski definition) is 3. The van der Waals surface area contributed by atoms with E-state index in [9.17, 15) is 0 Å². The average molecular weight is 262 g/mol. The molecule has 0 aromatic carbocycles. The van der Waals surface area contributed by atoms with Gasteiger partial charge in [-0.1, -0.05) is 0 Å². The van der Waals surface area contributed by atoms with Gasteiger partial charge in [0.1, 0.15) is 0 Å². The van der Waals surface area contributed by atoms with Gasteiger partial charge >= 0.3 is 0 Å².